The molecule has 0 aliphatic heterocycles. The van der Waals surface area contributed by atoms with Crippen molar-refractivity contribution in [3.05, 3.63) is 35.9 Å². The molecule has 58 valence electrons. The molecule has 11 heavy (non-hydrogen) atoms. The second-order valence-corrected chi connectivity index (χ2v) is 2.00. The lowest BCUT2D eigenvalue weighted by Gasteiger charge is -2.07. The molecule has 0 radical (unpaired) electrons. The van der Waals surface area contributed by atoms with Gasteiger partial charge in [0.05, 0.1) is 0 Å². The van der Waals surface area contributed by atoms with Crippen LogP contribution in [0, 0.1) is 5.41 Å². The van der Waals surface area contributed by atoms with Gasteiger partial charge in [0.15, 0.2) is 5.84 Å². The van der Waals surface area contributed by atoms with E-state index in [4.69, 9.17) is 15.8 Å². The van der Waals surface area contributed by atoms with Crippen molar-refractivity contribution in [1.29, 1.82) is 5.41 Å². The standard InChI is InChI=1S/C7H8N2O2/c8-7(9(10)11)6-4-2-1-3-5-6/h1-5,8,10-11H. The number of nitrogens with zero attached hydrogens (tertiary/aromatic N) is 1. The summed E-state index contributed by atoms with van der Waals surface area (Å²) < 4.78 is 0. The molecule has 1 aromatic rings. The number of amidine groups is 1. The second kappa shape index (κ2) is 3.14. The maximum absolute atomic E-state index is 8.44. The number of nitrogens with one attached hydrogen (secondary N) is 1. The zero-order valence-corrected chi connectivity index (χ0v) is 5.73. The molecule has 0 fully saturated rings. The van der Waals surface area contributed by atoms with Crippen LogP contribution in [0.1, 0.15) is 5.56 Å². The van der Waals surface area contributed by atoms with Crippen molar-refractivity contribution in [1.82, 2.24) is 5.23 Å². The highest BCUT2D eigenvalue weighted by atomic mass is 16.8. The van der Waals surface area contributed by atoms with E-state index < -0.39 is 0 Å². The zero-order valence-electron chi connectivity index (χ0n) is 5.73. The van der Waals surface area contributed by atoms with Crippen molar-refractivity contribution in [3.63, 3.8) is 0 Å². The minimum atomic E-state index is -0.342. The fourth-order valence-electron chi connectivity index (χ4n) is 0.711. The summed E-state index contributed by atoms with van der Waals surface area (Å²) in [6, 6.07) is 8.44. The van der Waals surface area contributed by atoms with Gasteiger partial charge in [0.2, 0.25) is 0 Å². The summed E-state index contributed by atoms with van der Waals surface area (Å²) in [6.45, 7) is 0. The number of hydrogen-bond donors (Lipinski definition) is 3. The Morgan fingerprint density at radius 2 is 1.73 bits per heavy atom. The van der Waals surface area contributed by atoms with Gasteiger partial charge in [-0.05, 0) is 0 Å². The predicted octanol–water partition coefficient (Wildman–Crippen LogP) is 1.09. The Bertz CT molecular complexity index is 246. The average Bonchev–Trinajstić information content (AvgIpc) is 2.05. The van der Waals surface area contributed by atoms with Crippen molar-refractivity contribution < 1.29 is 10.4 Å². The molecular formula is C7H8N2O2. The molecule has 0 spiro atoms. The molecule has 0 atom stereocenters. The predicted molar refractivity (Wildman–Crippen MR) is 38.7 cm³/mol. The summed E-state index contributed by atoms with van der Waals surface area (Å²) in [5, 5.41) is 23.8. The van der Waals surface area contributed by atoms with E-state index in [0.717, 1.165) is 0 Å². The van der Waals surface area contributed by atoms with Crippen molar-refractivity contribution in [3.8, 4) is 0 Å². The molecule has 3 N–H and O–H groups in total. The van der Waals surface area contributed by atoms with Crippen molar-refractivity contribution in [2.75, 3.05) is 0 Å². The van der Waals surface area contributed by atoms with Crippen LogP contribution in [-0.4, -0.2) is 21.5 Å². The van der Waals surface area contributed by atoms with E-state index in [9.17, 15) is 0 Å². The third-order valence-electron chi connectivity index (χ3n) is 1.25. The van der Waals surface area contributed by atoms with Crippen LogP contribution in [0.25, 0.3) is 0 Å². The van der Waals surface area contributed by atoms with E-state index in [1.54, 1.807) is 30.3 Å². The minimum absolute atomic E-state index is 0.213. The van der Waals surface area contributed by atoms with Crippen molar-refractivity contribution in [2.45, 2.75) is 0 Å². The van der Waals surface area contributed by atoms with E-state index in [1.165, 1.54) is 0 Å². The van der Waals surface area contributed by atoms with Crippen LogP contribution in [0.15, 0.2) is 30.3 Å². The average molecular weight is 152 g/mol. The molecule has 0 bridgehead atoms. The van der Waals surface area contributed by atoms with Crippen molar-refractivity contribution >= 4 is 5.84 Å². The topological polar surface area (TPSA) is 67.6 Å². The number of hydrogen-bond acceptors (Lipinski definition) is 3. The van der Waals surface area contributed by atoms with Crippen LogP contribution in [0.4, 0.5) is 0 Å². The Labute approximate surface area is 63.7 Å². The fraction of sp³-hybridized carbons (Fsp3) is 0. The summed E-state index contributed by atoms with van der Waals surface area (Å²) in [5.74, 6) is -0.342. The Balaban J connectivity index is 2.86. The maximum Gasteiger partial charge on any atom is 0.183 e. The summed E-state index contributed by atoms with van der Waals surface area (Å²) in [5.41, 5.74) is 0.456. The summed E-state index contributed by atoms with van der Waals surface area (Å²) in [7, 11) is 0. The highest BCUT2D eigenvalue weighted by Gasteiger charge is 2.03. The molecule has 0 aliphatic rings. The summed E-state index contributed by atoms with van der Waals surface area (Å²) in [4.78, 5) is 0. The van der Waals surface area contributed by atoms with Gasteiger partial charge in [-0.25, -0.2) is 0 Å². The number of benzene rings is 1. The third kappa shape index (κ3) is 1.76. The Kier molecular flexibility index (Phi) is 2.20. The van der Waals surface area contributed by atoms with Gasteiger partial charge in [0, 0.05) is 5.56 Å². The van der Waals surface area contributed by atoms with Crippen LogP contribution in [0.3, 0.4) is 0 Å². The fourth-order valence-corrected chi connectivity index (χ4v) is 0.711. The summed E-state index contributed by atoms with van der Waals surface area (Å²) in [6.07, 6.45) is 0. The quantitative estimate of drug-likeness (QED) is 0.320. The van der Waals surface area contributed by atoms with E-state index in [-0.39, 0.29) is 11.1 Å². The molecule has 0 saturated heterocycles. The molecule has 0 saturated carbocycles. The largest absolute Gasteiger partial charge is 0.280 e. The molecule has 1 rings (SSSR count). The van der Waals surface area contributed by atoms with Crippen LogP contribution in [-0.2, 0) is 0 Å². The first-order chi connectivity index (χ1) is 5.22. The maximum atomic E-state index is 8.44. The lowest BCUT2D eigenvalue weighted by Crippen LogP contribution is -2.22. The lowest BCUT2D eigenvalue weighted by molar-refractivity contribution is -0.244. The van der Waals surface area contributed by atoms with Gasteiger partial charge in [-0.1, -0.05) is 30.3 Å². The number of hydroxylamine groups is 2. The zero-order chi connectivity index (χ0) is 8.27. The first kappa shape index (κ1) is 7.71. The Hall–Kier alpha value is -1.39. The molecule has 0 aromatic heterocycles. The second-order valence-electron chi connectivity index (χ2n) is 2.00. The monoisotopic (exact) mass is 152 g/mol. The van der Waals surface area contributed by atoms with Crippen molar-refractivity contribution in [2.24, 2.45) is 0 Å². The van der Waals surface area contributed by atoms with Gasteiger partial charge in [-0.2, -0.15) is 0 Å². The third-order valence-corrected chi connectivity index (χ3v) is 1.25. The highest BCUT2D eigenvalue weighted by Crippen LogP contribution is 2.00. The molecular weight excluding hydrogens is 144 g/mol. The molecule has 4 nitrogen and oxygen atoms in total. The van der Waals surface area contributed by atoms with E-state index >= 15 is 0 Å². The molecule has 0 heterocycles. The van der Waals surface area contributed by atoms with Gasteiger partial charge in [-0.3, -0.25) is 15.8 Å². The first-order valence-electron chi connectivity index (χ1n) is 3.03. The number of rotatable bonds is 1. The van der Waals surface area contributed by atoms with Crippen LogP contribution in [0.5, 0.6) is 0 Å². The van der Waals surface area contributed by atoms with Gasteiger partial charge < -0.3 is 0 Å². The Morgan fingerprint density at radius 1 is 1.18 bits per heavy atom. The molecule has 0 aliphatic carbocycles. The normalized spacial score (nSPS) is 9.27. The SMILES string of the molecule is N=C(c1ccccc1)N(O)O. The molecule has 1 aromatic carbocycles. The molecule has 0 amide bonds. The van der Waals surface area contributed by atoms with Gasteiger partial charge in [-0.15, -0.1) is 5.23 Å². The molecule has 4 heteroatoms. The van der Waals surface area contributed by atoms with Crippen LogP contribution in [0.2, 0.25) is 0 Å². The van der Waals surface area contributed by atoms with Crippen LogP contribution < -0.4 is 0 Å². The lowest BCUT2D eigenvalue weighted by atomic mass is 10.2. The summed E-state index contributed by atoms with van der Waals surface area (Å²) >= 11 is 0. The van der Waals surface area contributed by atoms with Crippen LogP contribution >= 0.6 is 0 Å². The van der Waals surface area contributed by atoms with Gasteiger partial charge in [0.25, 0.3) is 0 Å². The Morgan fingerprint density at radius 3 is 2.18 bits per heavy atom. The van der Waals surface area contributed by atoms with E-state index in [1.807, 2.05) is 0 Å². The van der Waals surface area contributed by atoms with E-state index in [2.05, 4.69) is 0 Å². The minimum Gasteiger partial charge on any atom is -0.280 e. The van der Waals surface area contributed by atoms with E-state index in [0.29, 0.717) is 5.56 Å². The smallest absolute Gasteiger partial charge is 0.183 e. The first-order valence-corrected chi connectivity index (χ1v) is 3.03. The highest BCUT2D eigenvalue weighted by molar-refractivity contribution is 5.94. The molecule has 0 unspecified atom stereocenters. The van der Waals surface area contributed by atoms with Gasteiger partial charge >= 0.3 is 0 Å². The van der Waals surface area contributed by atoms with Gasteiger partial charge in [0.1, 0.15) is 0 Å².